The van der Waals surface area contributed by atoms with Crippen molar-refractivity contribution in [1.29, 1.82) is 0 Å². The number of amides is 3. The van der Waals surface area contributed by atoms with Gasteiger partial charge >= 0.3 is 5.97 Å². The molecule has 1 aromatic rings. The molecule has 0 aromatic heterocycles. The lowest BCUT2D eigenvalue weighted by Crippen LogP contribution is -2.56. The summed E-state index contributed by atoms with van der Waals surface area (Å²) >= 11 is 3.99. The highest BCUT2D eigenvalue weighted by atomic mass is 32.1. The number of hydrogen-bond acceptors (Lipinski definition) is 7. The summed E-state index contributed by atoms with van der Waals surface area (Å²) in [7, 11) is 0. The van der Waals surface area contributed by atoms with Gasteiger partial charge < -0.3 is 32.5 Å². The van der Waals surface area contributed by atoms with Crippen LogP contribution >= 0.6 is 12.6 Å². The van der Waals surface area contributed by atoms with E-state index < -0.39 is 48.4 Å². The van der Waals surface area contributed by atoms with Gasteiger partial charge in [0.15, 0.2) is 0 Å². The van der Waals surface area contributed by atoms with E-state index in [0.29, 0.717) is 25.8 Å². The second kappa shape index (κ2) is 14.4. The first-order valence-electron chi connectivity index (χ1n) is 9.99. The van der Waals surface area contributed by atoms with E-state index in [1.807, 2.05) is 6.07 Å². The molecule has 0 fully saturated rings. The van der Waals surface area contributed by atoms with Crippen molar-refractivity contribution >= 4 is 36.3 Å². The van der Waals surface area contributed by atoms with Crippen molar-refractivity contribution in [2.75, 3.05) is 18.8 Å². The number of rotatable bonds is 14. The predicted octanol–water partition coefficient (Wildman–Crippen LogP) is -1.21. The van der Waals surface area contributed by atoms with Gasteiger partial charge in [-0.2, -0.15) is 12.6 Å². The van der Waals surface area contributed by atoms with Gasteiger partial charge in [-0.15, -0.1) is 0 Å². The lowest BCUT2D eigenvalue weighted by Gasteiger charge is -2.24. The number of nitrogens with one attached hydrogen (secondary N) is 3. The largest absolute Gasteiger partial charge is 0.480 e. The Kier molecular flexibility index (Phi) is 12.3. The van der Waals surface area contributed by atoms with Gasteiger partial charge in [0.05, 0.1) is 6.04 Å². The van der Waals surface area contributed by atoms with Gasteiger partial charge in [0.25, 0.3) is 0 Å². The molecule has 0 saturated heterocycles. The molecule has 0 saturated carbocycles. The molecule has 1 rings (SSSR count). The first-order chi connectivity index (χ1) is 14.8. The topological polar surface area (TPSA) is 177 Å². The van der Waals surface area contributed by atoms with E-state index in [2.05, 4.69) is 28.6 Å². The molecule has 0 aliphatic rings. The molecule has 3 amide bonds. The standard InChI is InChI=1S/C20H31N5O5S/c21-9-5-4-8-15(24-18(28)14(22)12-31)20(30)25-16(19(29)23-11-17(26)27)10-13-6-2-1-3-7-13/h1-3,6-7,14-16,31H,4-5,8-12,21-22H2,(H,23,29)(H,24,28)(H,25,30)(H,26,27). The summed E-state index contributed by atoms with van der Waals surface area (Å²) in [4.78, 5) is 48.4. The van der Waals surface area contributed by atoms with Crippen molar-refractivity contribution in [2.45, 2.75) is 43.8 Å². The van der Waals surface area contributed by atoms with E-state index in [-0.39, 0.29) is 12.2 Å². The minimum atomic E-state index is -1.20. The minimum absolute atomic E-state index is 0.108. The lowest BCUT2D eigenvalue weighted by atomic mass is 10.0. The van der Waals surface area contributed by atoms with Crippen molar-refractivity contribution in [3.8, 4) is 0 Å². The van der Waals surface area contributed by atoms with Crippen LogP contribution in [-0.4, -0.2) is 65.8 Å². The summed E-state index contributed by atoms with van der Waals surface area (Å²) in [6.07, 6.45) is 1.70. The fraction of sp³-hybridized carbons (Fsp3) is 0.500. The van der Waals surface area contributed by atoms with Crippen LogP contribution in [-0.2, 0) is 25.6 Å². The maximum atomic E-state index is 12.9. The van der Waals surface area contributed by atoms with Crippen LogP contribution in [0.3, 0.4) is 0 Å². The molecule has 8 N–H and O–H groups in total. The SMILES string of the molecule is NCCCCC(NC(=O)C(N)CS)C(=O)NC(Cc1ccccc1)C(=O)NCC(=O)O. The van der Waals surface area contributed by atoms with Crippen molar-refractivity contribution in [3.05, 3.63) is 35.9 Å². The third-order valence-corrected chi connectivity index (χ3v) is 4.84. The molecule has 31 heavy (non-hydrogen) atoms. The van der Waals surface area contributed by atoms with Crippen LogP contribution in [0.5, 0.6) is 0 Å². The Labute approximate surface area is 186 Å². The quantitative estimate of drug-likeness (QED) is 0.136. The van der Waals surface area contributed by atoms with Gasteiger partial charge in [-0.3, -0.25) is 19.2 Å². The monoisotopic (exact) mass is 453 g/mol. The maximum Gasteiger partial charge on any atom is 0.322 e. The van der Waals surface area contributed by atoms with E-state index in [1.54, 1.807) is 24.3 Å². The van der Waals surface area contributed by atoms with Crippen LogP contribution in [0.1, 0.15) is 24.8 Å². The molecule has 3 unspecified atom stereocenters. The third-order valence-electron chi connectivity index (χ3n) is 4.44. The highest BCUT2D eigenvalue weighted by Gasteiger charge is 2.28. The van der Waals surface area contributed by atoms with Gasteiger partial charge in [-0.05, 0) is 31.4 Å². The van der Waals surface area contributed by atoms with Gasteiger partial charge in [0.1, 0.15) is 18.6 Å². The van der Waals surface area contributed by atoms with Crippen LogP contribution in [0.15, 0.2) is 30.3 Å². The number of carboxylic acid groups (broad SMARTS) is 1. The number of carboxylic acids is 1. The van der Waals surface area contributed by atoms with E-state index >= 15 is 0 Å². The molecule has 172 valence electrons. The van der Waals surface area contributed by atoms with Crippen molar-refractivity contribution in [2.24, 2.45) is 11.5 Å². The number of aliphatic carboxylic acids is 1. The van der Waals surface area contributed by atoms with Crippen molar-refractivity contribution < 1.29 is 24.3 Å². The summed E-state index contributed by atoms with van der Waals surface area (Å²) < 4.78 is 0. The molecule has 3 atom stereocenters. The second-order valence-corrected chi connectivity index (χ2v) is 7.36. The molecule has 0 aliphatic heterocycles. The first-order valence-corrected chi connectivity index (χ1v) is 10.6. The summed E-state index contributed by atoms with van der Waals surface area (Å²) in [6, 6.07) is 6.14. The third kappa shape index (κ3) is 10.3. The van der Waals surface area contributed by atoms with Crippen LogP contribution in [0, 0.1) is 0 Å². The van der Waals surface area contributed by atoms with E-state index in [0.717, 1.165) is 5.56 Å². The Balaban J connectivity index is 2.95. The number of hydrogen-bond donors (Lipinski definition) is 7. The Morgan fingerprint density at radius 3 is 2.19 bits per heavy atom. The minimum Gasteiger partial charge on any atom is -0.480 e. The number of benzene rings is 1. The maximum absolute atomic E-state index is 12.9. The lowest BCUT2D eigenvalue weighted by molar-refractivity contribution is -0.138. The Morgan fingerprint density at radius 1 is 0.968 bits per heavy atom. The van der Waals surface area contributed by atoms with E-state index in [4.69, 9.17) is 16.6 Å². The molecule has 10 nitrogen and oxygen atoms in total. The number of thiol groups is 1. The smallest absolute Gasteiger partial charge is 0.322 e. The number of carbonyl (C=O) groups excluding carboxylic acids is 3. The summed E-state index contributed by atoms with van der Waals surface area (Å²) in [6.45, 7) is -0.139. The summed E-state index contributed by atoms with van der Waals surface area (Å²) in [5, 5.41) is 16.3. The average Bonchev–Trinajstić information content (AvgIpc) is 2.76. The zero-order valence-electron chi connectivity index (χ0n) is 17.3. The Morgan fingerprint density at radius 2 is 1.61 bits per heavy atom. The predicted molar refractivity (Wildman–Crippen MR) is 119 cm³/mol. The van der Waals surface area contributed by atoms with Crippen molar-refractivity contribution in [3.63, 3.8) is 0 Å². The molecule has 0 aliphatic carbocycles. The summed E-state index contributed by atoms with van der Waals surface area (Å²) in [5.41, 5.74) is 12.0. The van der Waals surface area contributed by atoms with Gasteiger partial charge in [-0.1, -0.05) is 30.3 Å². The Hall–Kier alpha value is -2.63. The van der Waals surface area contributed by atoms with Gasteiger partial charge in [-0.25, -0.2) is 0 Å². The fourth-order valence-corrected chi connectivity index (χ4v) is 2.91. The number of unbranched alkanes of at least 4 members (excludes halogenated alkanes) is 1. The highest BCUT2D eigenvalue weighted by Crippen LogP contribution is 2.06. The number of nitrogens with two attached hydrogens (primary N) is 2. The van der Waals surface area contributed by atoms with Crippen LogP contribution in [0.2, 0.25) is 0 Å². The molecule has 0 heterocycles. The zero-order valence-corrected chi connectivity index (χ0v) is 18.1. The number of carbonyl (C=O) groups is 4. The average molecular weight is 454 g/mol. The normalized spacial score (nSPS) is 13.5. The molecule has 0 bridgehead atoms. The van der Waals surface area contributed by atoms with E-state index in [1.165, 1.54) is 0 Å². The van der Waals surface area contributed by atoms with Crippen LogP contribution < -0.4 is 27.4 Å². The molecule has 1 aromatic carbocycles. The fourth-order valence-electron chi connectivity index (χ4n) is 2.74. The van der Waals surface area contributed by atoms with E-state index in [9.17, 15) is 19.2 Å². The molecule has 0 radical (unpaired) electrons. The second-order valence-electron chi connectivity index (χ2n) is 7.00. The molecule has 0 spiro atoms. The van der Waals surface area contributed by atoms with Gasteiger partial charge in [0, 0.05) is 12.2 Å². The van der Waals surface area contributed by atoms with Crippen molar-refractivity contribution in [1.82, 2.24) is 16.0 Å². The Bertz CT molecular complexity index is 734. The van der Waals surface area contributed by atoms with Gasteiger partial charge in [0.2, 0.25) is 17.7 Å². The first kappa shape index (κ1) is 26.4. The highest BCUT2D eigenvalue weighted by molar-refractivity contribution is 7.80. The molecular weight excluding hydrogens is 422 g/mol. The van der Waals surface area contributed by atoms with Crippen LogP contribution in [0.4, 0.5) is 0 Å². The molecular formula is C20H31N5O5S. The molecule has 11 heteroatoms. The van der Waals surface area contributed by atoms with Crippen LogP contribution in [0.25, 0.3) is 0 Å². The summed E-state index contributed by atoms with van der Waals surface area (Å²) in [5.74, 6) is -2.83. The zero-order chi connectivity index (χ0) is 23.2.